The van der Waals surface area contributed by atoms with Crippen molar-refractivity contribution in [3.63, 3.8) is 0 Å². The summed E-state index contributed by atoms with van der Waals surface area (Å²) < 4.78 is 8.01. The van der Waals surface area contributed by atoms with Gasteiger partial charge < -0.3 is 15.0 Å². The molecule has 5 rings (SSSR count). The standard InChI is InChI=1S/C24H25N5O4/c1-27-12-10-24(11-13-27)14-21(20-4-2-3-5-22(20)33-24)26-23(30)17-15-25-28(16-17)18-6-8-19(9-7-18)29(31)32/h2-9,15-16,21H,10-14H2,1H3,(H,26,30). The van der Waals surface area contributed by atoms with E-state index in [1.165, 1.54) is 23.0 Å². The average molecular weight is 447 g/mol. The lowest BCUT2D eigenvalue weighted by Gasteiger charge is -2.46. The Morgan fingerprint density at radius 3 is 2.64 bits per heavy atom. The molecular formula is C24H25N5O4. The van der Waals surface area contributed by atoms with Crippen LogP contribution in [0, 0.1) is 10.1 Å². The van der Waals surface area contributed by atoms with E-state index in [1.807, 2.05) is 24.3 Å². The highest BCUT2D eigenvalue weighted by Gasteiger charge is 2.43. The SMILES string of the molecule is CN1CCC2(CC1)CC(NC(=O)c1cnn(-c3ccc([N+](=O)[O-])cc3)c1)c1ccccc1O2. The van der Waals surface area contributed by atoms with Gasteiger partial charge in [-0.1, -0.05) is 18.2 Å². The highest BCUT2D eigenvalue weighted by atomic mass is 16.6. The van der Waals surface area contributed by atoms with Gasteiger partial charge in [-0.25, -0.2) is 4.68 Å². The number of non-ortho nitro benzene ring substituents is 1. The number of nitro groups is 1. The lowest BCUT2D eigenvalue weighted by molar-refractivity contribution is -0.384. The van der Waals surface area contributed by atoms with Gasteiger partial charge in [0, 0.05) is 43.4 Å². The number of amides is 1. The zero-order valence-electron chi connectivity index (χ0n) is 18.3. The fourth-order valence-corrected chi connectivity index (χ4v) is 4.63. The molecule has 33 heavy (non-hydrogen) atoms. The minimum atomic E-state index is -0.450. The van der Waals surface area contributed by atoms with Gasteiger partial charge in [-0.05, 0) is 38.1 Å². The van der Waals surface area contributed by atoms with Gasteiger partial charge in [-0.3, -0.25) is 14.9 Å². The minimum absolute atomic E-state index is 0.00453. The number of carbonyl (C=O) groups is 1. The first-order valence-corrected chi connectivity index (χ1v) is 11.0. The molecule has 1 aromatic heterocycles. The van der Waals surface area contributed by atoms with Gasteiger partial charge in [-0.2, -0.15) is 5.10 Å². The van der Waals surface area contributed by atoms with Crippen molar-refractivity contribution in [2.75, 3.05) is 20.1 Å². The average Bonchev–Trinajstić information content (AvgIpc) is 3.32. The summed E-state index contributed by atoms with van der Waals surface area (Å²) in [7, 11) is 2.12. The summed E-state index contributed by atoms with van der Waals surface area (Å²) in [6, 6.07) is 13.8. The molecule has 1 saturated heterocycles. The first kappa shape index (κ1) is 21.1. The molecule has 2 aromatic carbocycles. The van der Waals surface area contributed by atoms with E-state index >= 15 is 0 Å². The van der Waals surface area contributed by atoms with Crippen molar-refractivity contribution in [3.05, 3.63) is 82.2 Å². The summed E-state index contributed by atoms with van der Waals surface area (Å²) >= 11 is 0. The number of ether oxygens (including phenoxy) is 1. The molecule has 1 amide bonds. The summed E-state index contributed by atoms with van der Waals surface area (Å²) in [5.74, 6) is 0.619. The number of hydrogen-bond donors (Lipinski definition) is 1. The molecule has 9 nitrogen and oxygen atoms in total. The van der Waals surface area contributed by atoms with Crippen molar-refractivity contribution in [3.8, 4) is 11.4 Å². The Kier molecular flexibility index (Phi) is 5.33. The summed E-state index contributed by atoms with van der Waals surface area (Å²) in [6.45, 7) is 1.93. The number of aromatic nitrogens is 2. The molecule has 1 spiro atoms. The van der Waals surface area contributed by atoms with Crippen LogP contribution in [-0.4, -0.2) is 51.2 Å². The molecule has 0 radical (unpaired) electrons. The molecule has 3 aromatic rings. The predicted octanol–water partition coefficient (Wildman–Crippen LogP) is 3.50. The summed E-state index contributed by atoms with van der Waals surface area (Å²) in [5.41, 5.74) is 1.78. The number of hydrogen-bond acceptors (Lipinski definition) is 6. The first-order valence-electron chi connectivity index (χ1n) is 11.0. The van der Waals surface area contributed by atoms with Crippen molar-refractivity contribution in [2.24, 2.45) is 0 Å². The van der Waals surface area contributed by atoms with Crippen LogP contribution < -0.4 is 10.1 Å². The van der Waals surface area contributed by atoms with E-state index in [0.717, 1.165) is 43.7 Å². The quantitative estimate of drug-likeness (QED) is 0.485. The highest BCUT2D eigenvalue weighted by molar-refractivity contribution is 5.94. The highest BCUT2D eigenvalue weighted by Crippen LogP contribution is 2.44. The molecule has 9 heteroatoms. The van der Waals surface area contributed by atoms with E-state index in [1.54, 1.807) is 18.3 Å². The monoisotopic (exact) mass is 447 g/mol. The number of piperidine rings is 1. The zero-order chi connectivity index (χ0) is 23.0. The van der Waals surface area contributed by atoms with E-state index in [9.17, 15) is 14.9 Å². The van der Waals surface area contributed by atoms with Crippen molar-refractivity contribution in [2.45, 2.75) is 30.9 Å². The summed E-state index contributed by atoms with van der Waals surface area (Å²) in [4.78, 5) is 25.8. The van der Waals surface area contributed by atoms with E-state index in [4.69, 9.17) is 4.74 Å². The van der Waals surface area contributed by atoms with Crippen LogP contribution in [0.2, 0.25) is 0 Å². The lowest BCUT2D eigenvalue weighted by Crippen LogP contribution is -2.51. The molecule has 1 N–H and O–H groups in total. The number of rotatable bonds is 4. The maximum Gasteiger partial charge on any atom is 0.269 e. The maximum atomic E-state index is 13.1. The molecule has 0 bridgehead atoms. The van der Waals surface area contributed by atoms with E-state index in [2.05, 4.69) is 22.4 Å². The summed E-state index contributed by atoms with van der Waals surface area (Å²) in [6.07, 6.45) is 5.70. The van der Waals surface area contributed by atoms with Crippen molar-refractivity contribution in [1.29, 1.82) is 0 Å². The molecule has 1 fully saturated rings. The third-order valence-corrected chi connectivity index (χ3v) is 6.57. The number of nitrogens with one attached hydrogen (secondary N) is 1. The van der Waals surface area contributed by atoms with Gasteiger partial charge in [-0.15, -0.1) is 0 Å². The van der Waals surface area contributed by atoms with Gasteiger partial charge in [0.1, 0.15) is 11.4 Å². The second kappa shape index (κ2) is 8.32. The Hall–Kier alpha value is -3.72. The van der Waals surface area contributed by atoms with Gasteiger partial charge in [0.05, 0.1) is 28.4 Å². The van der Waals surface area contributed by atoms with Crippen LogP contribution in [0.1, 0.15) is 41.2 Å². The number of fused-ring (bicyclic) bond motifs is 1. The van der Waals surface area contributed by atoms with E-state index in [-0.39, 0.29) is 23.2 Å². The lowest BCUT2D eigenvalue weighted by atomic mass is 9.80. The van der Waals surface area contributed by atoms with Crippen LogP contribution in [0.5, 0.6) is 5.75 Å². The molecule has 2 aliphatic rings. The number of nitrogens with zero attached hydrogens (tertiary/aromatic N) is 4. The molecule has 2 aliphatic heterocycles. The minimum Gasteiger partial charge on any atom is -0.487 e. The Morgan fingerprint density at radius 2 is 1.91 bits per heavy atom. The largest absolute Gasteiger partial charge is 0.487 e. The Balaban J connectivity index is 1.35. The van der Waals surface area contributed by atoms with Gasteiger partial charge in [0.15, 0.2) is 0 Å². The van der Waals surface area contributed by atoms with E-state index < -0.39 is 4.92 Å². The van der Waals surface area contributed by atoms with Crippen molar-refractivity contribution < 1.29 is 14.5 Å². The molecule has 1 unspecified atom stereocenters. The first-order chi connectivity index (χ1) is 15.9. The van der Waals surface area contributed by atoms with Crippen LogP contribution in [0.3, 0.4) is 0 Å². The zero-order valence-corrected chi connectivity index (χ0v) is 18.3. The second-order valence-corrected chi connectivity index (χ2v) is 8.80. The number of carbonyl (C=O) groups excluding carboxylic acids is 1. The third-order valence-electron chi connectivity index (χ3n) is 6.57. The molecule has 0 aliphatic carbocycles. The second-order valence-electron chi connectivity index (χ2n) is 8.80. The number of benzene rings is 2. The fraction of sp³-hybridized carbons (Fsp3) is 0.333. The van der Waals surface area contributed by atoms with Crippen LogP contribution in [-0.2, 0) is 0 Å². The molecule has 170 valence electrons. The number of likely N-dealkylation sites (tertiary alicyclic amines) is 1. The van der Waals surface area contributed by atoms with Crippen LogP contribution in [0.4, 0.5) is 5.69 Å². The smallest absolute Gasteiger partial charge is 0.269 e. The Labute approximate surface area is 191 Å². The third kappa shape index (κ3) is 4.19. The van der Waals surface area contributed by atoms with Gasteiger partial charge in [0.25, 0.3) is 11.6 Å². The normalized spacial score (nSPS) is 19.5. The predicted molar refractivity (Wildman–Crippen MR) is 122 cm³/mol. The molecule has 3 heterocycles. The van der Waals surface area contributed by atoms with Crippen molar-refractivity contribution >= 4 is 11.6 Å². The molecular weight excluding hydrogens is 422 g/mol. The number of nitro benzene ring substituents is 1. The van der Waals surface area contributed by atoms with Gasteiger partial charge in [0.2, 0.25) is 0 Å². The maximum absolute atomic E-state index is 13.1. The van der Waals surface area contributed by atoms with Crippen LogP contribution >= 0.6 is 0 Å². The number of para-hydroxylation sites is 1. The molecule has 0 saturated carbocycles. The molecule has 1 atom stereocenters. The Bertz CT molecular complexity index is 1180. The van der Waals surface area contributed by atoms with Gasteiger partial charge >= 0.3 is 0 Å². The fourth-order valence-electron chi connectivity index (χ4n) is 4.63. The van der Waals surface area contributed by atoms with Crippen molar-refractivity contribution in [1.82, 2.24) is 20.0 Å². The van der Waals surface area contributed by atoms with E-state index in [0.29, 0.717) is 11.3 Å². The Morgan fingerprint density at radius 1 is 1.18 bits per heavy atom. The summed E-state index contributed by atoms with van der Waals surface area (Å²) in [5, 5.41) is 18.3. The van der Waals surface area contributed by atoms with Crippen LogP contribution in [0.15, 0.2) is 60.9 Å². The van der Waals surface area contributed by atoms with Crippen LogP contribution in [0.25, 0.3) is 5.69 Å². The topological polar surface area (TPSA) is 103 Å².